The quantitative estimate of drug-likeness (QED) is 0.482. The largest absolute Gasteiger partial charge is 0.340 e. The van der Waals surface area contributed by atoms with Crippen LogP contribution in [0, 0.1) is 0 Å². The minimum Gasteiger partial charge on any atom is -0.340 e. The number of nitrogens with zero attached hydrogens (tertiary/aromatic N) is 3. The first-order chi connectivity index (χ1) is 15.8. The molecule has 1 fully saturated rings. The highest BCUT2D eigenvalue weighted by molar-refractivity contribution is 7.89. The van der Waals surface area contributed by atoms with Crippen LogP contribution in [0.15, 0.2) is 65.6 Å². The van der Waals surface area contributed by atoms with Gasteiger partial charge in [-0.1, -0.05) is 48.5 Å². The van der Waals surface area contributed by atoms with E-state index in [4.69, 9.17) is 0 Å². The van der Waals surface area contributed by atoms with Crippen molar-refractivity contribution in [2.45, 2.75) is 50.0 Å². The van der Waals surface area contributed by atoms with Crippen molar-refractivity contribution in [2.24, 2.45) is 0 Å². The molecule has 0 bridgehead atoms. The zero-order chi connectivity index (χ0) is 23.8. The fourth-order valence-corrected chi connectivity index (χ4v) is 6.04. The van der Waals surface area contributed by atoms with Gasteiger partial charge in [0.05, 0.1) is 4.90 Å². The van der Waals surface area contributed by atoms with Gasteiger partial charge in [0.15, 0.2) is 0 Å². The summed E-state index contributed by atoms with van der Waals surface area (Å²) in [7, 11) is -1.86. The summed E-state index contributed by atoms with van der Waals surface area (Å²) in [6.07, 6.45) is 2.87. The van der Waals surface area contributed by atoms with Crippen molar-refractivity contribution < 1.29 is 13.2 Å². The summed E-state index contributed by atoms with van der Waals surface area (Å²) in [5, 5.41) is 0. The maximum atomic E-state index is 13.1. The summed E-state index contributed by atoms with van der Waals surface area (Å²) in [5.41, 5.74) is 1.16. The van der Waals surface area contributed by atoms with E-state index in [0.29, 0.717) is 17.5 Å². The van der Waals surface area contributed by atoms with Crippen LogP contribution in [0.5, 0.6) is 0 Å². The molecule has 1 amide bonds. The lowest BCUT2D eigenvalue weighted by Crippen LogP contribution is -2.47. The molecule has 1 heterocycles. The molecule has 0 aliphatic carbocycles. The van der Waals surface area contributed by atoms with Crippen molar-refractivity contribution in [1.82, 2.24) is 14.1 Å². The monoisotopic (exact) mass is 507 g/mol. The molecule has 1 unspecified atom stereocenters. The number of piperidine rings is 1. The molecule has 0 radical (unpaired) electrons. The summed E-state index contributed by atoms with van der Waals surface area (Å²) in [4.78, 5) is 16.6. The fraction of sp³-hybridized carbons (Fsp3) is 0.500. The van der Waals surface area contributed by atoms with Crippen LogP contribution in [0.2, 0.25) is 0 Å². The van der Waals surface area contributed by atoms with E-state index in [1.165, 1.54) is 4.31 Å². The lowest BCUT2D eigenvalue weighted by Gasteiger charge is -2.38. The first-order valence-electron chi connectivity index (χ1n) is 11.9. The van der Waals surface area contributed by atoms with E-state index >= 15 is 0 Å². The smallest absolute Gasteiger partial charge is 0.242 e. The van der Waals surface area contributed by atoms with Crippen molar-refractivity contribution in [1.29, 1.82) is 0 Å². The lowest BCUT2D eigenvalue weighted by molar-refractivity contribution is -0.131. The van der Waals surface area contributed by atoms with E-state index in [1.807, 2.05) is 36.1 Å². The van der Waals surface area contributed by atoms with Crippen molar-refractivity contribution in [2.75, 3.05) is 39.8 Å². The van der Waals surface area contributed by atoms with Crippen LogP contribution < -0.4 is 0 Å². The number of halogens is 1. The molecular weight excluding hydrogens is 470 g/mol. The Bertz CT molecular complexity index is 981. The molecule has 2 aromatic carbocycles. The Morgan fingerprint density at radius 2 is 1.59 bits per heavy atom. The van der Waals surface area contributed by atoms with Gasteiger partial charge in [0.1, 0.15) is 0 Å². The van der Waals surface area contributed by atoms with E-state index in [9.17, 15) is 13.2 Å². The van der Waals surface area contributed by atoms with Gasteiger partial charge in [-0.05, 0) is 56.3 Å². The Morgan fingerprint density at radius 1 is 1.03 bits per heavy atom. The summed E-state index contributed by atoms with van der Waals surface area (Å²) in [5.74, 6) is 0.263. The Hall–Kier alpha value is -1.93. The molecule has 188 valence electrons. The van der Waals surface area contributed by atoms with Crippen molar-refractivity contribution >= 4 is 28.3 Å². The van der Waals surface area contributed by atoms with Crippen LogP contribution in [0.3, 0.4) is 0 Å². The van der Waals surface area contributed by atoms with Crippen molar-refractivity contribution in [3.05, 3.63) is 66.2 Å². The molecular formula is C26H38ClN3O3S. The molecule has 1 atom stereocenters. The second-order valence-electron chi connectivity index (χ2n) is 8.87. The summed E-state index contributed by atoms with van der Waals surface area (Å²) in [6, 6.07) is 19.2. The Kier molecular flexibility index (Phi) is 11.0. The first-order valence-corrected chi connectivity index (χ1v) is 13.3. The Balaban J connectivity index is 0.00000408. The number of amides is 1. The van der Waals surface area contributed by atoms with Gasteiger partial charge in [-0.3, -0.25) is 4.79 Å². The normalized spacial score (nSPS) is 16.1. The molecule has 1 aliphatic heterocycles. The summed E-state index contributed by atoms with van der Waals surface area (Å²) < 4.78 is 27.6. The third-order valence-corrected chi connectivity index (χ3v) is 8.57. The van der Waals surface area contributed by atoms with E-state index in [0.717, 1.165) is 51.0 Å². The maximum Gasteiger partial charge on any atom is 0.242 e. The van der Waals surface area contributed by atoms with Crippen molar-refractivity contribution in [3.63, 3.8) is 0 Å². The van der Waals surface area contributed by atoms with Gasteiger partial charge in [-0.2, -0.15) is 0 Å². The number of rotatable bonds is 10. The minimum atomic E-state index is -3.53. The van der Waals surface area contributed by atoms with E-state index in [2.05, 4.69) is 17.0 Å². The number of benzene rings is 2. The van der Waals surface area contributed by atoms with Gasteiger partial charge in [-0.25, -0.2) is 12.7 Å². The number of likely N-dealkylation sites (tertiary alicyclic amines) is 1. The van der Waals surface area contributed by atoms with Crippen LogP contribution in [-0.2, 0) is 14.8 Å². The zero-order valence-electron chi connectivity index (χ0n) is 20.5. The van der Waals surface area contributed by atoms with Gasteiger partial charge >= 0.3 is 0 Å². The summed E-state index contributed by atoms with van der Waals surface area (Å²) in [6.45, 7) is 7.74. The number of carbonyl (C=O) groups excluding carboxylic acids is 1. The van der Waals surface area contributed by atoms with Crippen LogP contribution >= 0.6 is 12.4 Å². The average molecular weight is 508 g/mol. The number of sulfonamides is 1. The fourth-order valence-electron chi connectivity index (χ4n) is 4.80. The number of likely N-dealkylation sites (N-methyl/N-ethyl adjacent to an activating group) is 1. The highest BCUT2D eigenvalue weighted by Crippen LogP contribution is 2.25. The Morgan fingerprint density at radius 3 is 2.12 bits per heavy atom. The van der Waals surface area contributed by atoms with E-state index in [1.54, 1.807) is 38.2 Å². The molecule has 3 rings (SSSR count). The molecule has 0 aromatic heterocycles. The standard InChI is InChI=1S/C26H37N3O3S.ClH/c1-4-29(22(2)30)25-16-19-28(20-17-25)18-15-24(23-11-7-5-8-12-23)21-27(3)33(31,32)26-13-9-6-10-14-26;/h5-14,24-25H,4,15-21H2,1-3H3;1H. The number of hydrogen-bond donors (Lipinski definition) is 0. The van der Waals surface area contributed by atoms with Gasteiger partial charge in [0.25, 0.3) is 0 Å². The first kappa shape index (κ1) is 28.3. The SMILES string of the molecule is CCN(C(C)=O)C1CCN(CCC(CN(C)S(=O)(=O)c2ccccc2)c2ccccc2)CC1.Cl. The molecule has 1 aliphatic rings. The molecule has 8 heteroatoms. The molecule has 34 heavy (non-hydrogen) atoms. The molecule has 2 aromatic rings. The average Bonchev–Trinajstić information content (AvgIpc) is 2.83. The van der Waals surface area contributed by atoms with Gasteiger partial charge in [-0.15, -0.1) is 12.4 Å². The van der Waals surface area contributed by atoms with Crippen molar-refractivity contribution in [3.8, 4) is 0 Å². The zero-order valence-corrected chi connectivity index (χ0v) is 22.1. The number of carbonyl (C=O) groups is 1. The Labute approximate surface area is 211 Å². The van der Waals surface area contributed by atoms with E-state index in [-0.39, 0.29) is 24.2 Å². The van der Waals surface area contributed by atoms with Crippen LogP contribution in [0.25, 0.3) is 0 Å². The van der Waals surface area contributed by atoms with Gasteiger partial charge in [0.2, 0.25) is 15.9 Å². The number of hydrogen-bond acceptors (Lipinski definition) is 4. The molecule has 0 spiro atoms. The summed E-state index contributed by atoms with van der Waals surface area (Å²) >= 11 is 0. The lowest BCUT2D eigenvalue weighted by atomic mass is 9.94. The molecule has 0 saturated carbocycles. The molecule has 0 N–H and O–H groups in total. The molecule has 1 saturated heterocycles. The second-order valence-corrected chi connectivity index (χ2v) is 10.9. The minimum absolute atomic E-state index is 0. The van der Waals surface area contributed by atoms with Crippen LogP contribution in [0.4, 0.5) is 0 Å². The highest BCUT2D eigenvalue weighted by atomic mass is 35.5. The van der Waals surface area contributed by atoms with E-state index < -0.39 is 10.0 Å². The van der Waals surface area contributed by atoms with Crippen LogP contribution in [0.1, 0.15) is 44.6 Å². The maximum absolute atomic E-state index is 13.1. The third kappa shape index (κ3) is 7.28. The molecule has 6 nitrogen and oxygen atoms in total. The van der Waals surface area contributed by atoms with Gasteiger partial charge < -0.3 is 9.80 Å². The third-order valence-electron chi connectivity index (χ3n) is 6.74. The predicted octanol–water partition coefficient (Wildman–Crippen LogP) is 4.24. The van der Waals surface area contributed by atoms with Crippen LogP contribution in [-0.4, -0.2) is 74.2 Å². The topological polar surface area (TPSA) is 60.9 Å². The van der Waals surface area contributed by atoms with Gasteiger partial charge in [0, 0.05) is 46.2 Å². The highest BCUT2D eigenvalue weighted by Gasteiger charge is 2.27. The second kappa shape index (κ2) is 13.2. The predicted molar refractivity (Wildman–Crippen MR) is 140 cm³/mol.